The zero-order valence-corrected chi connectivity index (χ0v) is 11.2. The fourth-order valence-electron chi connectivity index (χ4n) is 1.99. The van der Waals surface area contributed by atoms with Crippen LogP contribution in [0.25, 0.3) is 11.0 Å². The molecule has 0 spiro atoms. The number of nitrogens with two attached hydrogens (primary N) is 1. The first-order valence-electron chi connectivity index (χ1n) is 5.65. The Hall–Kier alpha value is -1.36. The van der Waals surface area contributed by atoms with E-state index in [4.69, 9.17) is 17.3 Å². The van der Waals surface area contributed by atoms with Crippen LogP contribution in [0.2, 0.25) is 4.34 Å². The van der Waals surface area contributed by atoms with Crippen LogP contribution in [0.5, 0.6) is 0 Å². The van der Waals surface area contributed by atoms with Gasteiger partial charge in [0, 0.05) is 11.4 Å². The van der Waals surface area contributed by atoms with Crippen molar-refractivity contribution in [1.29, 1.82) is 0 Å². The molecule has 0 amide bonds. The molecule has 0 bridgehead atoms. The molecule has 0 aliphatic rings. The quantitative estimate of drug-likeness (QED) is 0.797. The van der Waals surface area contributed by atoms with E-state index < -0.39 is 0 Å². The Labute approximate surface area is 114 Å². The van der Waals surface area contributed by atoms with Gasteiger partial charge in [-0.05, 0) is 24.3 Å². The Morgan fingerprint density at radius 3 is 2.89 bits per heavy atom. The maximum absolute atomic E-state index is 6.19. The van der Waals surface area contributed by atoms with Gasteiger partial charge in [0.2, 0.25) is 0 Å². The lowest BCUT2D eigenvalue weighted by atomic mass is 10.2. The predicted octanol–water partition coefficient (Wildman–Crippen LogP) is 3.45. The van der Waals surface area contributed by atoms with Crippen molar-refractivity contribution < 1.29 is 0 Å². The van der Waals surface area contributed by atoms with Crippen molar-refractivity contribution in [3.63, 3.8) is 0 Å². The number of halogens is 1. The molecule has 0 aliphatic carbocycles. The summed E-state index contributed by atoms with van der Waals surface area (Å²) in [6, 6.07) is 11.9. The Balaban J connectivity index is 1.88. The molecule has 3 rings (SSSR count). The topological polar surface area (TPSA) is 43.8 Å². The average molecular weight is 278 g/mol. The Morgan fingerprint density at radius 1 is 1.28 bits per heavy atom. The highest BCUT2D eigenvalue weighted by Crippen LogP contribution is 2.27. The summed E-state index contributed by atoms with van der Waals surface area (Å²) in [6.07, 6.45) is 1.83. The summed E-state index contributed by atoms with van der Waals surface area (Å²) in [4.78, 5) is 5.45. The monoisotopic (exact) mass is 277 g/mol. The van der Waals surface area contributed by atoms with Crippen molar-refractivity contribution in [2.75, 3.05) is 0 Å². The summed E-state index contributed by atoms with van der Waals surface area (Å²) >= 11 is 7.45. The van der Waals surface area contributed by atoms with Crippen molar-refractivity contribution >= 4 is 34.0 Å². The van der Waals surface area contributed by atoms with Gasteiger partial charge in [0.1, 0.15) is 0 Å². The minimum Gasteiger partial charge on any atom is -0.329 e. The van der Waals surface area contributed by atoms with Crippen molar-refractivity contribution in [1.82, 2.24) is 9.55 Å². The van der Waals surface area contributed by atoms with Crippen LogP contribution in [0, 0.1) is 0 Å². The SMILES string of the molecule is NC(Cn1cnc2ccccc21)c1ccc(Cl)s1. The third kappa shape index (κ3) is 2.14. The van der Waals surface area contributed by atoms with Crippen LogP contribution in [0.4, 0.5) is 0 Å². The van der Waals surface area contributed by atoms with Gasteiger partial charge in [-0.3, -0.25) is 0 Å². The lowest BCUT2D eigenvalue weighted by molar-refractivity contribution is 0.596. The van der Waals surface area contributed by atoms with Gasteiger partial charge < -0.3 is 10.3 Å². The van der Waals surface area contributed by atoms with Crippen LogP contribution >= 0.6 is 22.9 Å². The molecule has 1 unspecified atom stereocenters. The van der Waals surface area contributed by atoms with E-state index >= 15 is 0 Å². The normalized spacial score (nSPS) is 13.0. The summed E-state index contributed by atoms with van der Waals surface area (Å²) in [5.74, 6) is 0. The zero-order chi connectivity index (χ0) is 12.5. The van der Waals surface area contributed by atoms with Crippen LogP contribution in [0.3, 0.4) is 0 Å². The van der Waals surface area contributed by atoms with Crippen molar-refractivity contribution in [3.05, 3.63) is 51.9 Å². The van der Waals surface area contributed by atoms with E-state index in [-0.39, 0.29) is 6.04 Å². The molecule has 1 aromatic carbocycles. The number of nitrogens with zero attached hydrogens (tertiary/aromatic N) is 2. The lowest BCUT2D eigenvalue weighted by Crippen LogP contribution is -2.15. The summed E-state index contributed by atoms with van der Waals surface area (Å²) < 4.78 is 2.85. The Bertz CT molecular complexity index is 673. The predicted molar refractivity (Wildman–Crippen MR) is 76.0 cm³/mol. The van der Waals surface area contributed by atoms with Crippen molar-refractivity contribution in [2.45, 2.75) is 12.6 Å². The molecular weight excluding hydrogens is 266 g/mol. The maximum atomic E-state index is 6.19. The van der Waals surface area contributed by atoms with Gasteiger partial charge in [-0.2, -0.15) is 0 Å². The largest absolute Gasteiger partial charge is 0.329 e. The molecule has 92 valence electrons. The second kappa shape index (κ2) is 4.72. The molecule has 18 heavy (non-hydrogen) atoms. The van der Waals surface area contributed by atoms with Gasteiger partial charge >= 0.3 is 0 Å². The summed E-state index contributed by atoms with van der Waals surface area (Å²) in [5.41, 5.74) is 8.30. The van der Waals surface area contributed by atoms with Gasteiger partial charge in [-0.1, -0.05) is 23.7 Å². The number of aromatic nitrogens is 2. The van der Waals surface area contributed by atoms with Crippen molar-refractivity contribution in [2.24, 2.45) is 5.73 Å². The van der Waals surface area contributed by atoms with Gasteiger partial charge in [-0.15, -0.1) is 11.3 Å². The first kappa shape index (κ1) is 11.7. The fraction of sp³-hybridized carbons (Fsp3) is 0.154. The number of hydrogen-bond acceptors (Lipinski definition) is 3. The molecule has 5 heteroatoms. The number of para-hydroxylation sites is 2. The van der Waals surface area contributed by atoms with Gasteiger partial charge in [0.25, 0.3) is 0 Å². The second-order valence-corrected chi connectivity index (χ2v) is 5.88. The van der Waals surface area contributed by atoms with E-state index in [2.05, 4.69) is 15.6 Å². The molecule has 0 saturated heterocycles. The third-order valence-corrected chi connectivity index (χ3v) is 4.24. The van der Waals surface area contributed by atoms with Crippen LogP contribution in [0.1, 0.15) is 10.9 Å². The van der Waals surface area contributed by atoms with Crippen molar-refractivity contribution in [3.8, 4) is 0 Å². The lowest BCUT2D eigenvalue weighted by Gasteiger charge is -2.11. The molecule has 2 N–H and O–H groups in total. The zero-order valence-electron chi connectivity index (χ0n) is 9.58. The van der Waals surface area contributed by atoms with Crippen LogP contribution in [0.15, 0.2) is 42.7 Å². The molecule has 2 aromatic heterocycles. The van der Waals surface area contributed by atoms with Crippen LogP contribution in [-0.4, -0.2) is 9.55 Å². The summed E-state index contributed by atoms with van der Waals surface area (Å²) in [6.45, 7) is 0.706. The highest BCUT2D eigenvalue weighted by Gasteiger charge is 2.11. The molecule has 0 aliphatic heterocycles. The Kier molecular flexibility index (Phi) is 3.07. The Morgan fingerprint density at radius 2 is 2.11 bits per heavy atom. The summed E-state index contributed by atoms with van der Waals surface area (Å²) in [5, 5.41) is 0. The third-order valence-electron chi connectivity index (χ3n) is 2.88. The first-order chi connectivity index (χ1) is 8.74. The second-order valence-electron chi connectivity index (χ2n) is 4.13. The number of benzene rings is 1. The minimum atomic E-state index is -0.0555. The molecule has 0 radical (unpaired) electrons. The average Bonchev–Trinajstić information content (AvgIpc) is 2.97. The number of thiophene rings is 1. The number of fused-ring (bicyclic) bond motifs is 1. The molecule has 0 saturated carbocycles. The van der Waals surface area contributed by atoms with E-state index in [1.165, 1.54) is 11.3 Å². The van der Waals surface area contributed by atoms with Gasteiger partial charge in [0.15, 0.2) is 0 Å². The van der Waals surface area contributed by atoms with Gasteiger partial charge in [-0.25, -0.2) is 4.98 Å². The van der Waals surface area contributed by atoms with Crippen LogP contribution < -0.4 is 5.73 Å². The fourth-order valence-corrected chi connectivity index (χ4v) is 3.04. The van der Waals surface area contributed by atoms with E-state index in [0.717, 1.165) is 20.2 Å². The standard InChI is InChI=1S/C13H12ClN3S/c14-13-6-5-12(18-13)9(15)7-17-8-16-10-3-1-2-4-11(10)17/h1-6,8-9H,7,15H2. The maximum Gasteiger partial charge on any atom is 0.0958 e. The molecule has 1 atom stereocenters. The van der Waals surface area contributed by atoms with E-state index in [1.54, 1.807) is 0 Å². The molecule has 3 nitrogen and oxygen atoms in total. The highest BCUT2D eigenvalue weighted by molar-refractivity contribution is 7.16. The van der Waals surface area contributed by atoms with Crippen LogP contribution in [-0.2, 0) is 6.54 Å². The van der Waals surface area contributed by atoms with Gasteiger partial charge in [0.05, 0.1) is 27.7 Å². The minimum absolute atomic E-state index is 0.0555. The van der Waals surface area contributed by atoms with E-state index in [9.17, 15) is 0 Å². The number of rotatable bonds is 3. The van der Waals surface area contributed by atoms with E-state index in [1.807, 2.05) is 36.7 Å². The molecular formula is C13H12ClN3S. The molecule has 3 aromatic rings. The first-order valence-corrected chi connectivity index (χ1v) is 6.84. The number of imidazole rings is 1. The number of hydrogen-bond donors (Lipinski definition) is 1. The van der Waals surface area contributed by atoms with E-state index in [0.29, 0.717) is 6.54 Å². The highest BCUT2D eigenvalue weighted by atomic mass is 35.5. The molecule has 2 heterocycles. The smallest absolute Gasteiger partial charge is 0.0958 e. The molecule has 0 fully saturated rings. The summed E-state index contributed by atoms with van der Waals surface area (Å²) in [7, 11) is 0.